The molecule has 2 nitrogen and oxygen atoms in total. The van der Waals surface area contributed by atoms with Gasteiger partial charge in [0.15, 0.2) is 0 Å². The molecule has 1 heterocycles. The maximum absolute atomic E-state index is 11.4. The van der Waals surface area contributed by atoms with Gasteiger partial charge in [-0.05, 0) is 25.7 Å². The summed E-state index contributed by atoms with van der Waals surface area (Å²) < 4.78 is 0. The molecule has 1 unspecified atom stereocenters. The molecule has 1 amide bonds. The minimum absolute atomic E-state index is 0.0469. The highest BCUT2D eigenvalue weighted by Gasteiger charge is 2.44. The van der Waals surface area contributed by atoms with Gasteiger partial charge in [0, 0.05) is 19.0 Å². The fraction of sp³-hybridized carbons (Fsp3) is 0.900. The molecule has 2 heteroatoms. The average molecular weight is 169 g/mol. The van der Waals surface area contributed by atoms with Crippen LogP contribution in [0.25, 0.3) is 0 Å². The normalized spacial score (nSPS) is 28.7. The van der Waals surface area contributed by atoms with Gasteiger partial charge in [-0.2, -0.15) is 0 Å². The number of carbonyl (C=O) groups excluding carboxylic acids is 1. The summed E-state index contributed by atoms with van der Waals surface area (Å²) in [5.74, 6) is 1.39. The zero-order valence-electron chi connectivity index (χ0n) is 8.72. The Morgan fingerprint density at radius 3 is 2.17 bits per heavy atom. The molecule has 0 aromatic heterocycles. The predicted molar refractivity (Wildman–Crippen MR) is 49.8 cm³/mol. The number of hydrogen-bond acceptors (Lipinski definition) is 1. The highest BCUT2D eigenvalue weighted by atomic mass is 16.2. The van der Waals surface area contributed by atoms with E-state index in [1.54, 1.807) is 0 Å². The SMILES string of the molecule is CC(C)C1CC(=O)N(C)C1(C)C. The van der Waals surface area contributed by atoms with E-state index in [0.717, 1.165) is 6.42 Å². The van der Waals surface area contributed by atoms with Crippen LogP contribution in [0.15, 0.2) is 0 Å². The van der Waals surface area contributed by atoms with Crippen molar-refractivity contribution in [2.45, 2.75) is 39.7 Å². The van der Waals surface area contributed by atoms with Gasteiger partial charge >= 0.3 is 0 Å². The number of carbonyl (C=O) groups is 1. The maximum atomic E-state index is 11.4. The minimum Gasteiger partial charge on any atom is -0.340 e. The van der Waals surface area contributed by atoms with Crippen LogP contribution in [0, 0.1) is 11.8 Å². The van der Waals surface area contributed by atoms with Crippen molar-refractivity contribution >= 4 is 5.91 Å². The predicted octanol–water partition coefficient (Wildman–Crippen LogP) is 1.90. The molecular formula is C10H19NO. The van der Waals surface area contributed by atoms with Gasteiger partial charge in [0.1, 0.15) is 0 Å². The number of nitrogens with zero attached hydrogens (tertiary/aromatic N) is 1. The van der Waals surface area contributed by atoms with Crippen molar-refractivity contribution in [2.24, 2.45) is 11.8 Å². The molecule has 0 N–H and O–H groups in total. The molecule has 0 radical (unpaired) electrons. The summed E-state index contributed by atoms with van der Waals surface area (Å²) in [6.45, 7) is 8.70. The Morgan fingerprint density at radius 2 is 2.00 bits per heavy atom. The van der Waals surface area contributed by atoms with Crippen molar-refractivity contribution in [2.75, 3.05) is 7.05 Å². The van der Waals surface area contributed by atoms with Crippen LogP contribution in [0.2, 0.25) is 0 Å². The van der Waals surface area contributed by atoms with E-state index in [1.807, 2.05) is 11.9 Å². The molecule has 0 saturated carbocycles. The van der Waals surface area contributed by atoms with Crippen LogP contribution in [0.3, 0.4) is 0 Å². The summed E-state index contributed by atoms with van der Waals surface area (Å²) in [7, 11) is 1.91. The molecule has 0 bridgehead atoms. The van der Waals surface area contributed by atoms with E-state index in [-0.39, 0.29) is 5.54 Å². The van der Waals surface area contributed by atoms with E-state index < -0.39 is 0 Å². The van der Waals surface area contributed by atoms with Crippen LogP contribution in [-0.4, -0.2) is 23.4 Å². The Labute approximate surface area is 74.9 Å². The van der Waals surface area contributed by atoms with Crippen molar-refractivity contribution < 1.29 is 4.79 Å². The third-order valence-corrected chi connectivity index (χ3v) is 3.35. The van der Waals surface area contributed by atoms with E-state index in [9.17, 15) is 4.79 Å². The number of hydrogen-bond donors (Lipinski definition) is 0. The van der Waals surface area contributed by atoms with Crippen LogP contribution in [0.4, 0.5) is 0 Å². The summed E-state index contributed by atoms with van der Waals surface area (Å²) in [6.07, 6.45) is 0.723. The lowest BCUT2D eigenvalue weighted by atomic mass is 9.80. The van der Waals surface area contributed by atoms with Gasteiger partial charge in [-0.1, -0.05) is 13.8 Å². The van der Waals surface area contributed by atoms with Gasteiger partial charge in [0.2, 0.25) is 5.91 Å². The lowest BCUT2D eigenvalue weighted by Gasteiger charge is -2.35. The van der Waals surface area contributed by atoms with E-state index in [2.05, 4.69) is 27.7 Å². The van der Waals surface area contributed by atoms with Crippen molar-refractivity contribution in [1.82, 2.24) is 4.90 Å². The molecular weight excluding hydrogens is 150 g/mol. The van der Waals surface area contributed by atoms with E-state index in [1.165, 1.54) is 0 Å². The maximum Gasteiger partial charge on any atom is 0.223 e. The highest BCUT2D eigenvalue weighted by molar-refractivity contribution is 5.79. The fourth-order valence-corrected chi connectivity index (χ4v) is 2.20. The topological polar surface area (TPSA) is 20.3 Å². The molecule has 0 aliphatic carbocycles. The Morgan fingerprint density at radius 1 is 1.50 bits per heavy atom. The van der Waals surface area contributed by atoms with Gasteiger partial charge in [-0.15, -0.1) is 0 Å². The molecule has 1 rings (SSSR count). The van der Waals surface area contributed by atoms with Crippen molar-refractivity contribution in [3.05, 3.63) is 0 Å². The molecule has 1 fully saturated rings. The van der Waals surface area contributed by atoms with E-state index >= 15 is 0 Å². The Hall–Kier alpha value is -0.530. The first-order valence-corrected chi connectivity index (χ1v) is 4.64. The Balaban J connectivity index is 2.87. The molecule has 1 atom stereocenters. The first-order valence-electron chi connectivity index (χ1n) is 4.64. The van der Waals surface area contributed by atoms with E-state index in [0.29, 0.717) is 17.7 Å². The largest absolute Gasteiger partial charge is 0.340 e. The van der Waals surface area contributed by atoms with Gasteiger partial charge in [-0.3, -0.25) is 4.79 Å². The first kappa shape index (κ1) is 9.56. The second kappa shape index (κ2) is 2.75. The summed E-state index contributed by atoms with van der Waals surface area (Å²) in [5.41, 5.74) is 0.0469. The van der Waals surface area contributed by atoms with Gasteiger partial charge in [0.25, 0.3) is 0 Å². The summed E-state index contributed by atoms with van der Waals surface area (Å²) >= 11 is 0. The molecule has 1 saturated heterocycles. The van der Waals surface area contributed by atoms with Crippen molar-refractivity contribution in [3.8, 4) is 0 Å². The number of amides is 1. The van der Waals surface area contributed by atoms with Gasteiger partial charge < -0.3 is 4.90 Å². The summed E-state index contributed by atoms with van der Waals surface area (Å²) in [6, 6.07) is 0. The fourth-order valence-electron chi connectivity index (χ4n) is 2.20. The van der Waals surface area contributed by atoms with Crippen molar-refractivity contribution in [1.29, 1.82) is 0 Å². The first-order chi connectivity index (χ1) is 5.37. The van der Waals surface area contributed by atoms with Crippen LogP contribution >= 0.6 is 0 Å². The third-order valence-electron chi connectivity index (χ3n) is 3.35. The molecule has 12 heavy (non-hydrogen) atoms. The Bertz CT molecular complexity index is 196. The monoisotopic (exact) mass is 169 g/mol. The highest BCUT2D eigenvalue weighted by Crippen LogP contribution is 2.38. The molecule has 0 aromatic carbocycles. The van der Waals surface area contributed by atoms with Crippen LogP contribution in [0.5, 0.6) is 0 Å². The number of rotatable bonds is 1. The van der Waals surface area contributed by atoms with Crippen LogP contribution < -0.4 is 0 Å². The molecule has 70 valence electrons. The lowest BCUT2D eigenvalue weighted by molar-refractivity contribution is -0.128. The molecule has 0 spiro atoms. The molecule has 1 aliphatic rings. The minimum atomic E-state index is 0.0469. The lowest BCUT2D eigenvalue weighted by Crippen LogP contribution is -2.42. The molecule has 0 aromatic rings. The zero-order chi connectivity index (χ0) is 9.52. The van der Waals surface area contributed by atoms with Gasteiger partial charge in [0.05, 0.1) is 0 Å². The van der Waals surface area contributed by atoms with Crippen LogP contribution in [-0.2, 0) is 4.79 Å². The number of likely N-dealkylation sites (tertiary alicyclic amines) is 1. The zero-order valence-corrected chi connectivity index (χ0v) is 8.72. The average Bonchev–Trinajstić information content (AvgIpc) is 2.13. The smallest absolute Gasteiger partial charge is 0.223 e. The van der Waals surface area contributed by atoms with E-state index in [4.69, 9.17) is 0 Å². The summed E-state index contributed by atoms with van der Waals surface area (Å²) in [4.78, 5) is 13.3. The Kier molecular flexibility index (Phi) is 2.19. The summed E-state index contributed by atoms with van der Waals surface area (Å²) in [5, 5.41) is 0. The second-order valence-corrected chi connectivity index (χ2v) is 4.66. The third kappa shape index (κ3) is 1.23. The second-order valence-electron chi connectivity index (χ2n) is 4.66. The van der Waals surface area contributed by atoms with Gasteiger partial charge in [-0.25, -0.2) is 0 Å². The quantitative estimate of drug-likeness (QED) is 0.587. The standard InChI is InChI=1S/C10H19NO/c1-7(2)8-6-9(12)11(5)10(8,3)4/h7-8H,6H2,1-5H3. The molecule has 1 aliphatic heterocycles. The van der Waals surface area contributed by atoms with Crippen LogP contribution in [0.1, 0.15) is 34.1 Å². The van der Waals surface area contributed by atoms with Crippen molar-refractivity contribution in [3.63, 3.8) is 0 Å².